The van der Waals surface area contributed by atoms with Crippen molar-refractivity contribution in [3.8, 4) is 22.9 Å². The lowest BCUT2D eigenvalue weighted by atomic mass is 10.2. The summed E-state index contributed by atoms with van der Waals surface area (Å²) in [6, 6.07) is 5.84. The van der Waals surface area contributed by atoms with Gasteiger partial charge in [-0.05, 0) is 50.7 Å². The number of nitrogens with zero attached hydrogens (tertiary/aromatic N) is 2. The van der Waals surface area contributed by atoms with Crippen LogP contribution in [0.2, 0.25) is 0 Å². The van der Waals surface area contributed by atoms with Gasteiger partial charge < -0.3 is 14.0 Å². The van der Waals surface area contributed by atoms with Crippen LogP contribution in [0.4, 0.5) is 0 Å². The number of aromatic amines is 1. The zero-order valence-electron chi connectivity index (χ0n) is 12.7. The van der Waals surface area contributed by atoms with Crippen LogP contribution in [0.1, 0.15) is 27.2 Å². The number of nitrogens with one attached hydrogen (secondary N) is 1. The normalized spacial score (nSPS) is 10.6. The first-order valence-electron chi connectivity index (χ1n) is 7.26. The second-order valence-electron chi connectivity index (χ2n) is 4.53. The first-order chi connectivity index (χ1) is 10.2. The molecule has 2 aromatic rings. The molecule has 0 atom stereocenters. The van der Waals surface area contributed by atoms with E-state index < -0.39 is 0 Å². The summed E-state index contributed by atoms with van der Waals surface area (Å²) in [5.41, 5.74) is 0.961. The van der Waals surface area contributed by atoms with Crippen LogP contribution in [0.15, 0.2) is 18.2 Å². The molecule has 0 saturated carbocycles. The Labute approximate surface area is 129 Å². The molecule has 0 fully saturated rings. The second kappa shape index (κ2) is 7.26. The Morgan fingerprint density at radius 1 is 1.14 bits per heavy atom. The largest absolute Gasteiger partial charge is 0.490 e. The highest BCUT2D eigenvalue weighted by Crippen LogP contribution is 2.32. The highest BCUT2D eigenvalue weighted by molar-refractivity contribution is 7.71. The number of aromatic nitrogens is 3. The predicted molar refractivity (Wildman–Crippen MR) is 85.5 cm³/mol. The summed E-state index contributed by atoms with van der Waals surface area (Å²) < 4.78 is 13.9. The third-order valence-corrected chi connectivity index (χ3v) is 3.32. The van der Waals surface area contributed by atoms with Crippen LogP contribution < -0.4 is 9.47 Å². The van der Waals surface area contributed by atoms with Crippen LogP contribution in [-0.2, 0) is 6.54 Å². The molecule has 2 rings (SSSR count). The number of ether oxygens (including phenoxy) is 2. The van der Waals surface area contributed by atoms with Crippen LogP contribution in [0.5, 0.6) is 11.5 Å². The summed E-state index contributed by atoms with van der Waals surface area (Å²) in [4.78, 5) is 0. The number of hydrogen-bond donors (Lipinski definition) is 1. The van der Waals surface area contributed by atoms with E-state index in [1.807, 2.05) is 36.6 Å². The molecule has 0 unspecified atom stereocenters. The van der Waals surface area contributed by atoms with Gasteiger partial charge in [-0.3, -0.25) is 5.10 Å². The van der Waals surface area contributed by atoms with Crippen LogP contribution >= 0.6 is 12.2 Å². The molecule has 114 valence electrons. The number of hydrogen-bond acceptors (Lipinski definition) is 4. The fraction of sp³-hybridized carbons (Fsp3) is 0.467. The average molecular weight is 307 g/mol. The Bertz CT molecular complexity index is 649. The van der Waals surface area contributed by atoms with Crippen molar-refractivity contribution >= 4 is 12.2 Å². The van der Waals surface area contributed by atoms with Gasteiger partial charge in [-0.1, -0.05) is 6.92 Å². The summed E-state index contributed by atoms with van der Waals surface area (Å²) in [5, 5.41) is 7.19. The van der Waals surface area contributed by atoms with Gasteiger partial charge in [0.15, 0.2) is 22.1 Å². The van der Waals surface area contributed by atoms with E-state index in [9.17, 15) is 0 Å². The number of rotatable bonds is 7. The molecular weight excluding hydrogens is 286 g/mol. The van der Waals surface area contributed by atoms with Crippen LogP contribution in [0.3, 0.4) is 0 Å². The Morgan fingerprint density at radius 3 is 2.52 bits per heavy atom. The lowest BCUT2D eigenvalue weighted by Gasteiger charge is -2.12. The minimum absolute atomic E-state index is 0.589. The molecule has 6 heteroatoms. The average Bonchev–Trinajstić information content (AvgIpc) is 2.83. The molecular formula is C15H21N3O2S. The van der Waals surface area contributed by atoms with Crippen molar-refractivity contribution in [3.63, 3.8) is 0 Å². The minimum Gasteiger partial charge on any atom is -0.490 e. The van der Waals surface area contributed by atoms with Gasteiger partial charge in [0, 0.05) is 12.1 Å². The molecule has 0 saturated heterocycles. The van der Waals surface area contributed by atoms with Crippen LogP contribution in [0, 0.1) is 4.77 Å². The number of benzene rings is 1. The van der Waals surface area contributed by atoms with Crippen molar-refractivity contribution in [2.75, 3.05) is 13.2 Å². The Hall–Kier alpha value is -1.82. The molecule has 0 bridgehead atoms. The summed E-state index contributed by atoms with van der Waals surface area (Å²) in [5.74, 6) is 2.30. The fourth-order valence-electron chi connectivity index (χ4n) is 2.16. The fourth-order valence-corrected chi connectivity index (χ4v) is 2.38. The third-order valence-electron chi connectivity index (χ3n) is 3.01. The second-order valence-corrected chi connectivity index (χ2v) is 4.92. The van der Waals surface area contributed by atoms with Crippen molar-refractivity contribution in [1.29, 1.82) is 0 Å². The van der Waals surface area contributed by atoms with Crippen molar-refractivity contribution in [1.82, 2.24) is 14.8 Å². The molecule has 0 radical (unpaired) electrons. The monoisotopic (exact) mass is 307 g/mol. The topological polar surface area (TPSA) is 52.1 Å². The van der Waals surface area contributed by atoms with Crippen LogP contribution in [-0.4, -0.2) is 28.0 Å². The molecule has 1 aromatic heterocycles. The molecule has 0 aliphatic heterocycles. The first kappa shape index (κ1) is 15.6. The first-order valence-corrected chi connectivity index (χ1v) is 7.67. The maximum atomic E-state index is 5.66. The standard InChI is InChI=1S/C15H21N3O2S/c1-4-9-18-14(16-17-15(18)21)11-7-8-12(19-5-2)13(10-11)20-6-3/h7-8,10H,4-6,9H2,1-3H3,(H,17,21). The van der Waals surface area contributed by atoms with Crippen molar-refractivity contribution < 1.29 is 9.47 Å². The molecule has 0 aliphatic carbocycles. The lowest BCUT2D eigenvalue weighted by Crippen LogP contribution is -2.02. The summed E-state index contributed by atoms with van der Waals surface area (Å²) in [7, 11) is 0. The van der Waals surface area contributed by atoms with Gasteiger partial charge in [-0.25, -0.2) is 0 Å². The Kier molecular flexibility index (Phi) is 5.38. The van der Waals surface area contributed by atoms with Gasteiger partial charge in [0.2, 0.25) is 0 Å². The van der Waals surface area contributed by atoms with E-state index in [2.05, 4.69) is 17.1 Å². The van der Waals surface area contributed by atoms with E-state index in [0.29, 0.717) is 18.0 Å². The summed E-state index contributed by atoms with van der Waals surface area (Å²) in [6.07, 6.45) is 0.996. The van der Waals surface area contributed by atoms with Gasteiger partial charge in [-0.2, -0.15) is 5.10 Å². The molecule has 1 heterocycles. The van der Waals surface area contributed by atoms with Crippen molar-refractivity contribution in [2.24, 2.45) is 0 Å². The molecule has 0 aliphatic rings. The molecule has 0 amide bonds. The smallest absolute Gasteiger partial charge is 0.195 e. The zero-order valence-corrected chi connectivity index (χ0v) is 13.5. The Balaban J connectivity index is 2.44. The zero-order chi connectivity index (χ0) is 15.2. The number of H-pyrrole nitrogens is 1. The van der Waals surface area contributed by atoms with Gasteiger partial charge >= 0.3 is 0 Å². The van der Waals surface area contributed by atoms with E-state index in [1.165, 1.54) is 0 Å². The summed E-state index contributed by atoms with van der Waals surface area (Å²) >= 11 is 5.28. The quantitative estimate of drug-likeness (QED) is 0.790. The van der Waals surface area contributed by atoms with E-state index in [1.54, 1.807) is 0 Å². The highest BCUT2D eigenvalue weighted by atomic mass is 32.1. The van der Waals surface area contributed by atoms with E-state index >= 15 is 0 Å². The minimum atomic E-state index is 0.589. The van der Waals surface area contributed by atoms with Gasteiger partial charge in [0.1, 0.15) is 0 Å². The van der Waals surface area contributed by atoms with E-state index in [-0.39, 0.29) is 0 Å². The molecule has 1 aromatic carbocycles. The molecule has 5 nitrogen and oxygen atoms in total. The molecule has 1 N–H and O–H groups in total. The predicted octanol–water partition coefficient (Wildman–Crippen LogP) is 3.82. The van der Waals surface area contributed by atoms with Gasteiger partial charge in [0.05, 0.1) is 13.2 Å². The maximum Gasteiger partial charge on any atom is 0.195 e. The maximum absolute atomic E-state index is 5.66. The molecule has 21 heavy (non-hydrogen) atoms. The van der Waals surface area contributed by atoms with E-state index in [4.69, 9.17) is 21.7 Å². The SMILES string of the molecule is CCCn1c(-c2ccc(OCC)c(OCC)c2)n[nH]c1=S. The third kappa shape index (κ3) is 3.44. The summed E-state index contributed by atoms with van der Waals surface area (Å²) in [6.45, 7) is 8.05. The van der Waals surface area contributed by atoms with Gasteiger partial charge in [-0.15, -0.1) is 0 Å². The Morgan fingerprint density at radius 2 is 1.86 bits per heavy atom. The van der Waals surface area contributed by atoms with Gasteiger partial charge in [0.25, 0.3) is 0 Å². The molecule has 0 spiro atoms. The van der Waals surface area contributed by atoms with E-state index in [0.717, 1.165) is 35.9 Å². The lowest BCUT2D eigenvalue weighted by molar-refractivity contribution is 0.288. The van der Waals surface area contributed by atoms with Crippen molar-refractivity contribution in [3.05, 3.63) is 23.0 Å². The van der Waals surface area contributed by atoms with Crippen molar-refractivity contribution in [2.45, 2.75) is 33.7 Å². The van der Waals surface area contributed by atoms with Crippen LogP contribution in [0.25, 0.3) is 11.4 Å². The highest BCUT2D eigenvalue weighted by Gasteiger charge is 2.12.